The molecule has 0 unspecified atom stereocenters. The lowest BCUT2D eigenvalue weighted by molar-refractivity contribution is 0.0754. The van der Waals surface area contributed by atoms with Crippen molar-refractivity contribution in [3.05, 3.63) is 81.2 Å². The van der Waals surface area contributed by atoms with Gasteiger partial charge in [0, 0.05) is 24.7 Å². The van der Waals surface area contributed by atoms with Gasteiger partial charge in [0.05, 0.1) is 5.39 Å². The minimum atomic E-state index is -0.368. The molecule has 5 heteroatoms. The van der Waals surface area contributed by atoms with Crippen LogP contribution in [0.5, 0.6) is 0 Å². The van der Waals surface area contributed by atoms with Crippen molar-refractivity contribution in [2.75, 3.05) is 7.05 Å². The SMILES string of the molecule is CN(Cc1ccccc1Cl)C(=O)c1cc(=O)c2ccccc2o1. The lowest BCUT2D eigenvalue weighted by Gasteiger charge is -2.17. The molecule has 1 heterocycles. The van der Waals surface area contributed by atoms with Crippen LogP contribution >= 0.6 is 11.6 Å². The van der Waals surface area contributed by atoms with E-state index in [9.17, 15) is 9.59 Å². The van der Waals surface area contributed by atoms with Crippen molar-refractivity contribution in [3.63, 3.8) is 0 Å². The Labute approximate surface area is 137 Å². The van der Waals surface area contributed by atoms with Gasteiger partial charge in [0.1, 0.15) is 5.58 Å². The topological polar surface area (TPSA) is 50.5 Å². The molecule has 2 aromatic carbocycles. The number of nitrogens with zero attached hydrogens (tertiary/aromatic N) is 1. The van der Waals surface area contributed by atoms with E-state index in [1.165, 1.54) is 11.0 Å². The average Bonchev–Trinajstić information content (AvgIpc) is 2.56. The Morgan fingerprint density at radius 3 is 2.61 bits per heavy atom. The van der Waals surface area contributed by atoms with Crippen LogP contribution in [-0.4, -0.2) is 17.9 Å². The average molecular weight is 328 g/mol. The van der Waals surface area contributed by atoms with Crippen molar-refractivity contribution >= 4 is 28.5 Å². The van der Waals surface area contributed by atoms with E-state index in [0.717, 1.165) is 5.56 Å². The van der Waals surface area contributed by atoms with E-state index in [-0.39, 0.29) is 17.1 Å². The summed E-state index contributed by atoms with van der Waals surface area (Å²) in [6.45, 7) is 0.328. The molecule has 0 atom stereocenters. The van der Waals surface area contributed by atoms with Crippen LogP contribution in [0.25, 0.3) is 11.0 Å². The molecular formula is C18H14ClNO3. The van der Waals surface area contributed by atoms with Crippen LogP contribution in [0.1, 0.15) is 16.1 Å². The normalized spacial score (nSPS) is 10.7. The summed E-state index contributed by atoms with van der Waals surface area (Å²) in [5.74, 6) is -0.351. The van der Waals surface area contributed by atoms with Crippen LogP contribution < -0.4 is 5.43 Å². The van der Waals surface area contributed by atoms with Crippen molar-refractivity contribution < 1.29 is 9.21 Å². The maximum absolute atomic E-state index is 12.5. The number of carbonyl (C=O) groups is 1. The summed E-state index contributed by atoms with van der Waals surface area (Å²) in [5.41, 5.74) is 0.990. The maximum Gasteiger partial charge on any atom is 0.289 e. The van der Waals surface area contributed by atoms with Gasteiger partial charge in [0.25, 0.3) is 5.91 Å². The molecule has 0 saturated heterocycles. The standard InChI is InChI=1S/C18H14ClNO3/c1-20(11-12-6-2-4-8-14(12)19)18(22)17-10-15(21)13-7-3-5-9-16(13)23-17/h2-10H,11H2,1H3. The fraction of sp³-hybridized carbons (Fsp3) is 0.111. The second-order valence-corrected chi connectivity index (χ2v) is 5.63. The molecule has 0 saturated carbocycles. The molecule has 0 aliphatic heterocycles. The quantitative estimate of drug-likeness (QED) is 0.736. The number of fused-ring (bicyclic) bond motifs is 1. The van der Waals surface area contributed by atoms with Crippen LogP contribution in [0, 0.1) is 0 Å². The van der Waals surface area contributed by atoms with E-state index < -0.39 is 0 Å². The van der Waals surface area contributed by atoms with E-state index in [0.29, 0.717) is 22.5 Å². The fourth-order valence-electron chi connectivity index (χ4n) is 2.35. The van der Waals surface area contributed by atoms with E-state index in [2.05, 4.69) is 0 Å². The summed E-state index contributed by atoms with van der Waals surface area (Å²) in [5, 5.41) is 1.05. The molecule has 1 aromatic heterocycles. The minimum Gasteiger partial charge on any atom is -0.451 e. The van der Waals surface area contributed by atoms with Gasteiger partial charge in [-0.1, -0.05) is 41.9 Å². The van der Waals surface area contributed by atoms with Crippen LogP contribution in [0.15, 0.2) is 63.8 Å². The summed E-state index contributed by atoms with van der Waals surface area (Å²) in [6.07, 6.45) is 0. The van der Waals surface area contributed by atoms with Gasteiger partial charge in [0.15, 0.2) is 11.2 Å². The molecule has 4 nitrogen and oxygen atoms in total. The maximum atomic E-state index is 12.5. The highest BCUT2D eigenvalue weighted by Gasteiger charge is 2.17. The van der Waals surface area contributed by atoms with Crippen molar-refractivity contribution in [1.29, 1.82) is 0 Å². The van der Waals surface area contributed by atoms with Gasteiger partial charge in [-0.25, -0.2) is 0 Å². The first-order chi connectivity index (χ1) is 11.1. The second kappa shape index (κ2) is 6.26. The third-order valence-electron chi connectivity index (χ3n) is 3.56. The molecule has 0 aliphatic rings. The van der Waals surface area contributed by atoms with E-state index in [4.69, 9.17) is 16.0 Å². The largest absolute Gasteiger partial charge is 0.451 e. The van der Waals surface area contributed by atoms with Gasteiger partial charge in [-0.2, -0.15) is 0 Å². The Hall–Kier alpha value is -2.59. The summed E-state index contributed by atoms with van der Waals surface area (Å²) in [6, 6.07) is 15.4. The predicted molar refractivity (Wildman–Crippen MR) is 89.7 cm³/mol. The van der Waals surface area contributed by atoms with E-state index >= 15 is 0 Å². The highest BCUT2D eigenvalue weighted by molar-refractivity contribution is 6.31. The molecule has 0 radical (unpaired) electrons. The van der Waals surface area contributed by atoms with Gasteiger partial charge < -0.3 is 9.32 Å². The zero-order chi connectivity index (χ0) is 16.4. The number of hydrogen-bond donors (Lipinski definition) is 0. The number of halogens is 1. The third kappa shape index (κ3) is 3.12. The van der Waals surface area contributed by atoms with Gasteiger partial charge in [-0.05, 0) is 23.8 Å². The minimum absolute atomic E-state index is 0.0169. The molecule has 0 bridgehead atoms. The Morgan fingerprint density at radius 2 is 1.83 bits per heavy atom. The molecule has 3 aromatic rings. The molecule has 0 aliphatic carbocycles. The van der Waals surface area contributed by atoms with Crippen LogP contribution in [-0.2, 0) is 6.54 Å². The smallest absolute Gasteiger partial charge is 0.289 e. The lowest BCUT2D eigenvalue weighted by Crippen LogP contribution is -2.27. The second-order valence-electron chi connectivity index (χ2n) is 5.22. The molecule has 0 N–H and O–H groups in total. The molecule has 116 valence electrons. The summed E-state index contributed by atoms with van der Waals surface area (Å²) >= 11 is 6.11. The van der Waals surface area contributed by atoms with Crippen molar-refractivity contribution in [1.82, 2.24) is 4.90 Å². The predicted octanol–water partition coefficient (Wildman–Crippen LogP) is 3.72. The van der Waals surface area contributed by atoms with Gasteiger partial charge in [0.2, 0.25) is 0 Å². The van der Waals surface area contributed by atoms with Crippen LogP contribution in [0.3, 0.4) is 0 Å². The molecule has 0 fully saturated rings. The number of para-hydroxylation sites is 1. The first-order valence-corrected chi connectivity index (χ1v) is 7.46. The summed E-state index contributed by atoms with van der Waals surface area (Å²) in [4.78, 5) is 26.1. The molecular weight excluding hydrogens is 314 g/mol. The zero-order valence-corrected chi connectivity index (χ0v) is 13.2. The zero-order valence-electron chi connectivity index (χ0n) is 12.5. The Morgan fingerprint density at radius 1 is 1.13 bits per heavy atom. The number of amides is 1. The molecule has 3 rings (SSSR count). The van der Waals surface area contributed by atoms with Gasteiger partial charge in [-0.15, -0.1) is 0 Å². The third-order valence-corrected chi connectivity index (χ3v) is 3.93. The van der Waals surface area contributed by atoms with Crippen LogP contribution in [0.4, 0.5) is 0 Å². The van der Waals surface area contributed by atoms with E-state index in [1.807, 2.05) is 18.2 Å². The number of carbonyl (C=O) groups excluding carboxylic acids is 1. The van der Waals surface area contributed by atoms with E-state index in [1.54, 1.807) is 37.4 Å². The lowest BCUT2D eigenvalue weighted by atomic mass is 10.2. The van der Waals surface area contributed by atoms with Crippen LogP contribution in [0.2, 0.25) is 5.02 Å². The highest BCUT2D eigenvalue weighted by atomic mass is 35.5. The number of rotatable bonds is 3. The van der Waals surface area contributed by atoms with Crippen molar-refractivity contribution in [2.24, 2.45) is 0 Å². The Bertz CT molecular complexity index is 933. The molecule has 0 spiro atoms. The number of benzene rings is 2. The monoisotopic (exact) mass is 327 g/mol. The van der Waals surface area contributed by atoms with Crippen molar-refractivity contribution in [3.8, 4) is 0 Å². The van der Waals surface area contributed by atoms with Crippen molar-refractivity contribution in [2.45, 2.75) is 6.54 Å². The van der Waals surface area contributed by atoms with Gasteiger partial charge in [-0.3, -0.25) is 9.59 Å². The summed E-state index contributed by atoms with van der Waals surface area (Å²) in [7, 11) is 1.64. The molecule has 1 amide bonds. The molecule has 23 heavy (non-hydrogen) atoms. The first kappa shape index (κ1) is 15.3. The Balaban J connectivity index is 1.91. The first-order valence-electron chi connectivity index (χ1n) is 7.08. The highest BCUT2D eigenvalue weighted by Crippen LogP contribution is 2.18. The number of hydrogen-bond acceptors (Lipinski definition) is 3. The van der Waals surface area contributed by atoms with Gasteiger partial charge >= 0.3 is 0 Å². The summed E-state index contributed by atoms with van der Waals surface area (Å²) < 4.78 is 5.57. The Kier molecular flexibility index (Phi) is 4.17. The fourth-order valence-corrected chi connectivity index (χ4v) is 2.55.